The molecule has 1 saturated heterocycles. The molecular weight excluding hydrogens is 640 g/mol. The summed E-state index contributed by atoms with van der Waals surface area (Å²) in [6, 6.07) is 3.07. The summed E-state index contributed by atoms with van der Waals surface area (Å²) in [4.78, 5) is 55.0. The van der Waals surface area contributed by atoms with Crippen LogP contribution < -0.4 is 16.5 Å². The number of halogens is 3. The molecule has 218 valence electrons. The predicted octanol–water partition coefficient (Wildman–Crippen LogP) is 3.54. The first-order valence-electron chi connectivity index (χ1n) is 11.5. The van der Waals surface area contributed by atoms with E-state index in [0.717, 1.165) is 57.5 Å². The number of nitrogen functional groups attached to an aromatic ring is 1. The molecule has 0 radical (unpaired) electrons. The first kappa shape index (κ1) is 29.6. The van der Waals surface area contributed by atoms with Gasteiger partial charge in [0.15, 0.2) is 16.3 Å². The number of nitrogens with one attached hydrogen (secondary N) is 1. The molecule has 2 atom stereocenters. The number of nitrogens with zero attached hydrogens (tertiary/aromatic N) is 3. The molecule has 0 saturated carbocycles. The zero-order valence-electron chi connectivity index (χ0n) is 20.6. The number of allylic oxidation sites excluding steroid dienone is 1. The van der Waals surface area contributed by atoms with Crippen LogP contribution in [0.3, 0.4) is 0 Å². The fraction of sp³-hybridized carbons (Fsp3) is 0.167. The van der Waals surface area contributed by atoms with Crippen molar-refractivity contribution in [3.63, 3.8) is 0 Å². The SMILES string of the molecule is Nc1nc(C(=NO)C(=O)NC2C(=O)N3C(C(=O)O)=C(C=CSc4cc(=O)c5ccc(C(F)(F)F)cc5s4)CS[C@@H]23)cs1. The Balaban J connectivity index is 1.32. The van der Waals surface area contributed by atoms with E-state index >= 15 is 0 Å². The number of carboxylic acids is 1. The van der Waals surface area contributed by atoms with Crippen LogP contribution in [-0.4, -0.2) is 60.9 Å². The standard InChI is InChI=1S/C24H16F3N5O6S4/c25-24(26,27)10-1-2-11-13(33)6-15(42-14(11)5-10)39-4-3-9-7-40-21-17(20(35)32(21)18(9)22(36)37)30-19(34)16(31-38)12-8-41-23(28)29-12/h1-6,8,17,21,38H,7H2,(H2,28,29)(H,30,34)(H,36,37)/t17?,21-/m0/s1. The predicted molar refractivity (Wildman–Crippen MR) is 153 cm³/mol. The number of rotatable bonds is 7. The van der Waals surface area contributed by atoms with E-state index in [4.69, 9.17) is 5.73 Å². The molecule has 2 amide bonds. The third-order valence-corrected chi connectivity index (χ3v) is 10.1. The number of hydrogen-bond acceptors (Lipinski definition) is 12. The molecule has 0 spiro atoms. The van der Waals surface area contributed by atoms with E-state index in [1.54, 1.807) is 0 Å². The molecule has 1 aromatic carbocycles. The number of aromatic nitrogens is 1. The maximum Gasteiger partial charge on any atom is 0.416 e. The van der Waals surface area contributed by atoms with Gasteiger partial charge in [-0.2, -0.15) is 13.2 Å². The number of carbonyl (C=O) groups excluding carboxylic acids is 2. The summed E-state index contributed by atoms with van der Waals surface area (Å²) in [5.41, 5.74) is 3.73. The Labute approximate surface area is 249 Å². The molecule has 3 aromatic rings. The van der Waals surface area contributed by atoms with Crippen LogP contribution >= 0.6 is 46.2 Å². The first-order valence-corrected chi connectivity index (χ1v) is 15.1. The number of oxime groups is 1. The number of carboxylic acid groups (broad SMARTS) is 1. The van der Waals surface area contributed by atoms with Crippen LogP contribution in [0.15, 0.2) is 66.6 Å². The van der Waals surface area contributed by atoms with Crippen LogP contribution in [0.4, 0.5) is 18.3 Å². The van der Waals surface area contributed by atoms with Gasteiger partial charge in [-0.15, -0.1) is 34.4 Å². The lowest BCUT2D eigenvalue weighted by Gasteiger charge is -2.49. The van der Waals surface area contributed by atoms with Crippen LogP contribution in [0.2, 0.25) is 0 Å². The molecule has 18 heteroatoms. The summed E-state index contributed by atoms with van der Waals surface area (Å²) in [6.07, 6.45) is -3.11. The number of anilines is 1. The second-order valence-electron chi connectivity index (χ2n) is 8.62. The van der Waals surface area contributed by atoms with Gasteiger partial charge in [0, 0.05) is 27.3 Å². The third kappa shape index (κ3) is 5.61. The summed E-state index contributed by atoms with van der Waals surface area (Å²) in [5, 5.41) is 26.9. The number of fused-ring (bicyclic) bond motifs is 2. The van der Waals surface area contributed by atoms with Crippen LogP contribution in [-0.2, 0) is 20.6 Å². The van der Waals surface area contributed by atoms with Crippen molar-refractivity contribution in [2.45, 2.75) is 21.8 Å². The van der Waals surface area contributed by atoms with Gasteiger partial charge < -0.3 is 21.4 Å². The summed E-state index contributed by atoms with van der Waals surface area (Å²) in [7, 11) is 0. The van der Waals surface area contributed by atoms with Crippen molar-refractivity contribution in [3.05, 3.63) is 73.9 Å². The molecule has 2 aliphatic rings. The fourth-order valence-electron chi connectivity index (χ4n) is 4.14. The number of thioether (sulfide) groups is 2. The zero-order valence-corrected chi connectivity index (χ0v) is 23.9. The average Bonchev–Trinajstić information content (AvgIpc) is 3.36. The maximum atomic E-state index is 13.1. The van der Waals surface area contributed by atoms with Gasteiger partial charge in [-0.3, -0.25) is 19.3 Å². The minimum Gasteiger partial charge on any atom is -0.477 e. The zero-order chi connectivity index (χ0) is 30.3. The van der Waals surface area contributed by atoms with Crippen LogP contribution in [0, 0.1) is 0 Å². The highest BCUT2D eigenvalue weighted by Crippen LogP contribution is 2.41. The Morgan fingerprint density at radius 1 is 1.26 bits per heavy atom. The highest BCUT2D eigenvalue weighted by molar-refractivity contribution is 8.04. The van der Waals surface area contributed by atoms with Crippen molar-refractivity contribution >= 4 is 84.9 Å². The minimum absolute atomic E-state index is 0.00527. The molecule has 11 nitrogen and oxygen atoms in total. The van der Waals surface area contributed by atoms with E-state index in [0.29, 0.717) is 4.21 Å². The molecule has 1 fully saturated rings. The second kappa shape index (κ2) is 11.4. The molecule has 2 aromatic heterocycles. The van der Waals surface area contributed by atoms with Gasteiger partial charge in [0.1, 0.15) is 22.8 Å². The molecule has 5 N–H and O–H groups in total. The molecule has 1 unspecified atom stereocenters. The highest BCUT2D eigenvalue weighted by atomic mass is 32.2. The second-order valence-corrected chi connectivity index (χ2v) is 12.9. The van der Waals surface area contributed by atoms with E-state index in [1.807, 2.05) is 0 Å². The molecule has 42 heavy (non-hydrogen) atoms. The number of hydrogen-bond donors (Lipinski definition) is 4. The number of benzene rings is 1. The van der Waals surface area contributed by atoms with E-state index in [-0.39, 0.29) is 37.9 Å². The molecule has 5 rings (SSSR count). The van der Waals surface area contributed by atoms with E-state index < -0.39 is 52.1 Å². The lowest BCUT2D eigenvalue weighted by Crippen LogP contribution is -2.71. The van der Waals surface area contributed by atoms with E-state index in [9.17, 15) is 42.7 Å². The van der Waals surface area contributed by atoms with Gasteiger partial charge in [0.25, 0.3) is 11.8 Å². The summed E-state index contributed by atoms with van der Waals surface area (Å²) in [5.74, 6) is -2.83. The molecular formula is C24H16F3N5O6S4. The Morgan fingerprint density at radius 3 is 2.67 bits per heavy atom. The fourth-order valence-corrected chi connectivity index (χ4v) is 8.02. The lowest BCUT2D eigenvalue weighted by molar-refractivity contribution is -0.150. The van der Waals surface area contributed by atoms with Gasteiger partial charge in [0.2, 0.25) is 0 Å². The van der Waals surface area contributed by atoms with Gasteiger partial charge in [-0.1, -0.05) is 16.9 Å². The quantitative estimate of drug-likeness (QED) is 0.0969. The number of nitrogens with two attached hydrogens (primary N) is 1. The molecule has 2 aliphatic heterocycles. The van der Waals surface area contributed by atoms with E-state index in [2.05, 4.69) is 15.5 Å². The summed E-state index contributed by atoms with van der Waals surface area (Å²) >= 11 is 4.20. The van der Waals surface area contributed by atoms with Crippen LogP contribution in [0.5, 0.6) is 0 Å². The smallest absolute Gasteiger partial charge is 0.416 e. The molecule has 0 bridgehead atoms. The number of alkyl halides is 3. The topological polar surface area (TPSA) is 175 Å². The van der Waals surface area contributed by atoms with Crippen LogP contribution in [0.1, 0.15) is 11.3 Å². The van der Waals surface area contributed by atoms with Crippen molar-refractivity contribution in [2.75, 3.05) is 11.5 Å². The number of carbonyl (C=O) groups is 3. The number of β-lactam (4-membered cyclic amide) rings is 1. The van der Waals surface area contributed by atoms with Crippen molar-refractivity contribution in [2.24, 2.45) is 5.16 Å². The molecule has 4 heterocycles. The highest BCUT2D eigenvalue weighted by Gasteiger charge is 2.54. The lowest BCUT2D eigenvalue weighted by atomic mass is 10.0. The van der Waals surface area contributed by atoms with Gasteiger partial charge >= 0.3 is 12.1 Å². The summed E-state index contributed by atoms with van der Waals surface area (Å²) in [6.45, 7) is 0. The largest absolute Gasteiger partial charge is 0.477 e. The Hall–Kier alpha value is -3.87. The maximum absolute atomic E-state index is 13.1. The monoisotopic (exact) mass is 655 g/mol. The normalized spacial score (nSPS) is 19.3. The Morgan fingerprint density at radius 2 is 2.02 bits per heavy atom. The Kier molecular flexibility index (Phi) is 8.06. The number of amides is 2. The molecule has 0 aliphatic carbocycles. The third-order valence-electron chi connectivity index (χ3n) is 6.05. The van der Waals surface area contributed by atoms with E-state index in [1.165, 1.54) is 34.7 Å². The van der Waals surface area contributed by atoms with Crippen molar-refractivity contribution < 1.29 is 37.9 Å². The van der Waals surface area contributed by atoms with Gasteiger partial charge in [-0.25, -0.2) is 9.78 Å². The van der Waals surface area contributed by atoms with Crippen molar-refractivity contribution in [1.82, 2.24) is 15.2 Å². The minimum atomic E-state index is -4.57. The summed E-state index contributed by atoms with van der Waals surface area (Å²) < 4.78 is 39.9. The van der Waals surface area contributed by atoms with Crippen LogP contribution in [0.25, 0.3) is 10.1 Å². The van der Waals surface area contributed by atoms with Gasteiger partial charge in [-0.05, 0) is 35.3 Å². The first-order chi connectivity index (χ1) is 19.9. The van der Waals surface area contributed by atoms with Gasteiger partial charge in [0.05, 0.1) is 9.77 Å². The Bertz CT molecular complexity index is 1780. The average molecular weight is 656 g/mol. The van der Waals surface area contributed by atoms with Crippen molar-refractivity contribution in [3.8, 4) is 0 Å². The number of thiazole rings is 1. The number of aliphatic carboxylic acids is 1. The van der Waals surface area contributed by atoms with Crippen molar-refractivity contribution in [1.29, 1.82) is 0 Å².